The Balaban J connectivity index is 2.32. The first-order chi connectivity index (χ1) is 9.35. The van der Waals surface area contributed by atoms with Crippen molar-refractivity contribution in [2.45, 2.75) is 6.36 Å². The van der Waals surface area contributed by atoms with Crippen LogP contribution in [-0.4, -0.2) is 22.6 Å². The molecule has 1 N–H and O–H groups in total. The second-order valence-electron chi connectivity index (χ2n) is 3.43. The van der Waals surface area contributed by atoms with Gasteiger partial charge in [-0.05, 0) is 12.1 Å². The number of hydrogen-bond donors (Lipinski definition) is 1. The molecule has 1 aromatic heterocycles. The molecule has 0 amide bonds. The number of carboxylic acid groups (broad SMARTS) is 1. The number of benzene rings is 1. The van der Waals surface area contributed by atoms with Gasteiger partial charge in [0.15, 0.2) is 12.2 Å². The molecule has 9 heteroatoms. The number of hydrogen-bond acceptors (Lipinski definition) is 5. The zero-order valence-corrected chi connectivity index (χ0v) is 9.55. The topological polar surface area (TPSA) is 81.8 Å². The lowest BCUT2D eigenvalue weighted by atomic mass is 10.2. The molecule has 0 unspecified atom stereocenters. The molecule has 0 aliphatic rings. The Kier molecular flexibility index (Phi) is 3.51. The van der Waals surface area contributed by atoms with Crippen molar-refractivity contribution in [3.63, 3.8) is 0 Å². The second-order valence-corrected chi connectivity index (χ2v) is 3.43. The van der Waals surface area contributed by atoms with Gasteiger partial charge < -0.3 is 19.0 Å². The van der Waals surface area contributed by atoms with Gasteiger partial charge in [-0.25, -0.2) is 4.79 Å². The van der Waals surface area contributed by atoms with Gasteiger partial charge in [-0.3, -0.25) is 0 Å². The van der Waals surface area contributed by atoms with E-state index in [1.165, 1.54) is 12.1 Å². The molecule has 1 heterocycles. The molecule has 0 saturated heterocycles. The summed E-state index contributed by atoms with van der Waals surface area (Å²) in [5.74, 6) is -0.977. The van der Waals surface area contributed by atoms with Gasteiger partial charge in [-0.2, -0.15) is 4.98 Å². The van der Waals surface area contributed by atoms with Gasteiger partial charge >= 0.3 is 12.5 Å². The number of oxazole rings is 1. The molecule has 0 bridgehead atoms. The van der Waals surface area contributed by atoms with Crippen molar-refractivity contribution in [3.05, 3.63) is 30.7 Å². The van der Waals surface area contributed by atoms with Crippen molar-refractivity contribution in [2.75, 3.05) is 0 Å². The molecule has 0 fully saturated rings. The van der Waals surface area contributed by atoms with Crippen LogP contribution in [0.1, 0.15) is 0 Å². The SMILES string of the molecule is O=C(O)Oc1ncoc1-c1cccc(OC(F)(F)F)c1. The predicted molar refractivity (Wildman–Crippen MR) is 57.3 cm³/mol. The van der Waals surface area contributed by atoms with Crippen molar-refractivity contribution in [1.29, 1.82) is 0 Å². The van der Waals surface area contributed by atoms with Gasteiger partial charge in [0.25, 0.3) is 5.88 Å². The van der Waals surface area contributed by atoms with E-state index in [1.807, 2.05) is 0 Å². The molecule has 0 saturated carbocycles. The summed E-state index contributed by atoms with van der Waals surface area (Å²) in [4.78, 5) is 13.9. The summed E-state index contributed by atoms with van der Waals surface area (Å²) in [6.45, 7) is 0. The highest BCUT2D eigenvalue weighted by atomic mass is 19.4. The maximum Gasteiger partial charge on any atom is 0.573 e. The van der Waals surface area contributed by atoms with E-state index in [-0.39, 0.29) is 17.2 Å². The van der Waals surface area contributed by atoms with Crippen LogP contribution in [0.4, 0.5) is 18.0 Å². The van der Waals surface area contributed by atoms with Gasteiger partial charge in [-0.1, -0.05) is 12.1 Å². The maximum absolute atomic E-state index is 12.1. The van der Waals surface area contributed by atoms with Crippen LogP contribution >= 0.6 is 0 Å². The normalized spacial score (nSPS) is 11.2. The van der Waals surface area contributed by atoms with Crippen LogP contribution in [0.15, 0.2) is 35.1 Å². The Morgan fingerprint density at radius 3 is 2.75 bits per heavy atom. The first-order valence-electron chi connectivity index (χ1n) is 5.05. The quantitative estimate of drug-likeness (QED) is 0.873. The van der Waals surface area contributed by atoms with E-state index in [1.54, 1.807) is 0 Å². The van der Waals surface area contributed by atoms with Crippen LogP contribution in [0.3, 0.4) is 0 Å². The van der Waals surface area contributed by atoms with E-state index in [0.717, 1.165) is 18.5 Å². The molecule has 2 aromatic rings. The zero-order valence-electron chi connectivity index (χ0n) is 9.55. The Bertz CT molecular complexity index is 623. The Hall–Kier alpha value is -2.71. The standard InChI is InChI=1S/C11H6F3NO5/c12-11(13,14)20-7-3-1-2-6(4-7)8-9(15-5-18-8)19-10(16)17/h1-5H,(H,16,17). The lowest BCUT2D eigenvalue weighted by Crippen LogP contribution is -2.17. The van der Waals surface area contributed by atoms with E-state index in [2.05, 4.69) is 14.5 Å². The van der Waals surface area contributed by atoms with Gasteiger partial charge in [0.2, 0.25) is 0 Å². The predicted octanol–water partition coefficient (Wildman–Crippen LogP) is 3.30. The van der Waals surface area contributed by atoms with E-state index >= 15 is 0 Å². The molecule has 0 radical (unpaired) electrons. The minimum absolute atomic E-state index is 0.125. The van der Waals surface area contributed by atoms with Crippen LogP contribution in [0.5, 0.6) is 11.6 Å². The van der Waals surface area contributed by atoms with Crippen molar-refractivity contribution in [1.82, 2.24) is 4.98 Å². The average Bonchev–Trinajstić information content (AvgIpc) is 2.74. The highest BCUT2D eigenvalue weighted by Crippen LogP contribution is 2.32. The van der Waals surface area contributed by atoms with E-state index in [4.69, 9.17) is 9.52 Å². The van der Waals surface area contributed by atoms with Crippen LogP contribution in [0.25, 0.3) is 11.3 Å². The molecular formula is C11H6F3NO5. The third-order valence-corrected chi connectivity index (χ3v) is 2.05. The smallest absolute Gasteiger partial charge is 0.449 e. The van der Waals surface area contributed by atoms with Crippen molar-refractivity contribution in [2.24, 2.45) is 0 Å². The van der Waals surface area contributed by atoms with Gasteiger partial charge in [0, 0.05) is 5.56 Å². The Morgan fingerprint density at radius 2 is 2.10 bits per heavy atom. The van der Waals surface area contributed by atoms with E-state index in [0.29, 0.717) is 0 Å². The fourth-order valence-corrected chi connectivity index (χ4v) is 1.42. The first kappa shape index (κ1) is 13.7. The summed E-state index contributed by atoms with van der Waals surface area (Å²) in [6, 6.07) is 4.77. The maximum atomic E-state index is 12.1. The third kappa shape index (κ3) is 3.40. The summed E-state index contributed by atoms with van der Waals surface area (Å²) in [6.07, 6.45) is -5.55. The fraction of sp³-hybridized carbons (Fsp3) is 0.0909. The number of rotatable bonds is 3. The van der Waals surface area contributed by atoms with Crippen molar-refractivity contribution >= 4 is 6.16 Å². The average molecular weight is 289 g/mol. The van der Waals surface area contributed by atoms with Gasteiger partial charge in [0.1, 0.15) is 5.75 Å². The zero-order chi connectivity index (χ0) is 14.8. The minimum Gasteiger partial charge on any atom is -0.449 e. The Morgan fingerprint density at radius 1 is 1.35 bits per heavy atom. The van der Waals surface area contributed by atoms with Crippen LogP contribution in [0.2, 0.25) is 0 Å². The number of nitrogens with zero attached hydrogens (tertiary/aromatic N) is 1. The molecule has 1 aromatic carbocycles. The molecular weight excluding hydrogens is 283 g/mol. The number of halogens is 3. The summed E-state index contributed by atoms with van der Waals surface area (Å²) in [7, 11) is 0. The monoisotopic (exact) mass is 289 g/mol. The molecule has 2 rings (SSSR count). The number of aromatic nitrogens is 1. The van der Waals surface area contributed by atoms with Gasteiger partial charge in [-0.15, -0.1) is 13.2 Å². The van der Waals surface area contributed by atoms with E-state index in [9.17, 15) is 18.0 Å². The summed E-state index contributed by atoms with van der Waals surface area (Å²) in [5, 5.41) is 8.49. The lowest BCUT2D eigenvalue weighted by Gasteiger charge is -2.09. The van der Waals surface area contributed by atoms with Crippen molar-refractivity contribution < 1.29 is 37.0 Å². The lowest BCUT2D eigenvalue weighted by molar-refractivity contribution is -0.274. The number of alkyl halides is 3. The minimum atomic E-state index is -4.83. The highest BCUT2D eigenvalue weighted by Gasteiger charge is 2.31. The van der Waals surface area contributed by atoms with Crippen LogP contribution < -0.4 is 9.47 Å². The molecule has 0 aliphatic heterocycles. The first-order valence-corrected chi connectivity index (χ1v) is 5.05. The third-order valence-electron chi connectivity index (χ3n) is 2.05. The summed E-state index contributed by atoms with van der Waals surface area (Å²) >= 11 is 0. The highest BCUT2D eigenvalue weighted by molar-refractivity contribution is 5.68. The fourth-order valence-electron chi connectivity index (χ4n) is 1.42. The van der Waals surface area contributed by atoms with Crippen molar-refractivity contribution in [3.8, 4) is 23.0 Å². The molecule has 0 aliphatic carbocycles. The largest absolute Gasteiger partial charge is 0.573 e. The second kappa shape index (κ2) is 5.11. The Labute approximate surface area is 109 Å². The molecule has 6 nitrogen and oxygen atoms in total. The van der Waals surface area contributed by atoms with Gasteiger partial charge in [0.05, 0.1) is 0 Å². The summed E-state index contributed by atoms with van der Waals surface area (Å²) in [5.41, 5.74) is 0.125. The van der Waals surface area contributed by atoms with Crippen LogP contribution in [-0.2, 0) is 0 Å². The molecule has 106 valence electrons. The van der Waals surface area contributed by atoms with Crippen LogP contribution in [0, 0.1) is 0 Å². The van der Waals surface area contributed by atoms with E-state index < -0.39 is 18.3 Å². The summed E-state index contributed by atoms with van der Waals surface area (Å²) < 4.78 is 49.3. The molecule has 0 atom stereocenters. The molecule has 20 heavy (non-hydrogen) atoms. The number of carbonyl (C=O) groups is 1. The number of ether oxygens (including phenoxy) is 2. The molecule has 0 spiro atoms.